The second kappa shape index (κ2) is 4.77. The Morgan fingerprint density at radius 2 is 2.12 bits per heavy atom. The lowest BCUT2D eigenvalue weighted by Gasteiger charge is -2.23. The summed E-state index contributed by atoms with van der Waals surface area (Å²) in [5.74, 6) is -1.29. The summed E-state index contributed by atoms with van der Waals surface area (Å²) < 4.78 is 0. The van der Waals surface area contributed by atoms with Crippen molar-refractivity contribution in [1.29, 1.82) is 0 Å². The van der Waals surface area contributed by atoms with Gasteiger partial charge in [-0.2, -0.15) is 0 Å². The van der Waals surface area contributed by atoms with Crippen LogP contribution in [0.25, 0.3) is 0 Å². The summed E-state index contributed by atoms with van der Waals surface area (Å²) in [4.78, 5) is 24.5. The third kappa shape index (κ3) is 2.78. The number of carboxylic acids is 1. The van der Waals surface area contributed by atoms with Crippen molar-refractivity contribution in [2.75, 3.05) is 6.54 Å². The topological polar surface area (TPSA) is 69.6 Å². The van der Waals surface area contributed by atoms with Gasteiger partial charge in [-0.05, 0) is 26.2 Å². The zero-order valence-electron chi connectivity index (χ0n) is 9.93. The van der Waals surface area contributed by atoms with Crippen molar-refractivity contribution in [3.05, 3.63) is 12.2 Å². The molecule has 2 unspecified atom stereocenters. The molecule has 5 heteroatoms. The standard InChI is InChI=1S/C12H18N2O3/c1-2-14(10-5-6-10)12(17)13-9-4-3-8(7-9)11(15)16/h3-4,8-10H,2,5-7H2,1H3,(H,13,17)(H,15,16). The van der Waals surface area contributed by atoms with E-state index in [-0.39, 0.29) is 12.1 Å². The van der Waals surface area contributed by atoms with Crippen LogP contribution in [0, 0.1) is 5.92 Å². The molecule has 17 heavy (non-hydrogen) atoms. The van der Waals surface area contributed by atoms with Gasteiger partial charge >= 0.3 is 12.0 Å². The Labute approximate surface area is 100 Å². The molecule has 2 aliphatic carbocycles. The SMILES string of the molecule is CCN(C(=O)NC1C=CC(C(=O)O)C1)C1CC1. The normalized spacial score (nSPS) is 26.9. The number of amides is 2. The molecular weight excluding hydrogens is 220 g/mol. The van der Waals surface area contributed by atoms with Gasteiger partial charge in [-0.15, -0.1) is 0 Å². The third-order valence-corrected chi connectivity index (χ3v) is 3.30. The smallest absolute Gasteiger partial charge is 0.318 e. The van der Waals surface area contributed by atoms with Crippen molar-refractivity contribution >= 4 is 12.0 Å². The first-order valence-corrected chi connectivity index (χ1v) is 6.10. The van der Waals surface area contributed by atoms with E-state index in [2.05, 4.69) is 5.32 Å². The summed E-state index contributed by atoms with van der Waals surface area (Å²) in [6.07, 6.45) is 6.06. The minimum Gasteiger partial charge on any atom is -0.481 e. The van der Waals surface area contributed by atoms with E-state index in [1.54, 1.807) is 12.2 Å². The summed E-state index contributed by atoms with van der Waals surface area (Å²) >= 11 is 0. The molecule has 5 nitrogen and oxygen atoms in total. The summed E-state index contributed by atoms with van der Waals surface area (Å²) in [7, 11) is 0. The van der Waals surface area contributed by atoms with Crippen LogP contribution in [0.1, 0.15) is 26.2 Å². The average Bonchev–Trinajstić information content (AvgIpc) is 2.98. The van der Waals surface area contributed by atoms with Gasteiger partial charge in [0.05, 0.1) is 12.0 Å². The molecule has 0 spiro atoms. The van der Waals surface area contributed by atoms with Gasteiger partial charge in [0.2, 0.25) is 0 Å². The quantitative estimate of drug-likeness (QED) is 0.723. The molecule has 2 aliphatic rings. The van der Waals surface area contributed by atoms with Crippen molar-refractivity contribution < 1.29 is 14.7 Å². The molecular formula is C12H18N2O3. The molecule has 0 aromatic rings. The van der Waals surface area contributed by atoms with Crippen molar-refractivity contribution in [1.82, 2.24) is 10.2 Å². The van der Waals surface area contributed by atoms with Gasteiger partial charge in [0, 0.05) is 12.6 Å². The van der Waals surface area contributed by atoms with Crippen LogP contribution < -0.4 is 5.32 Å². The van der Waals surface area contributed by atoms with Crippen LogP contribution in [0.4, 0.5) is 4.79 Å². The number of carboxylic acid groups (broad SMARTS) is 1. The molecule has 0 aliphatic heterocycles. The van der Waals surface area contributed by atoms with E-state index in [1.165, 1.54) is 0 Å². The number of hydrogen-bond acceptors (Lipinski definition) is 2. The van der Waals surface area contributed by atoms with E-state index in [4.69, 9.17) is 5.11 Å². The van der Waals surface area contributed by atoms with Gasteiger partial charge in [0.15, 0.2) is 0 Å². The molecule has 1 fully saturated rings. The minimum absolute atomic E-state index is 0.0734. The maximum atomic E-state index is 11.9. The van der Waals surface area contributed by atoms with E-state index in [0.717, 1.165) is 12.8 Å². The first kappa shape index (κ1) is 12.0. The number of hydrogen-bond donors (Lipinski definition) is 2. The second-order valence-electron chi connectivity index (χ2n) is 4.64. The molecule has 2 atom stereocenters. The van der Waals surface area contributed by atoms with Gasteiger partial charge in [-0.1, -0.05) is 12.2 Å². The Hall–Kier alpha value is -1.52. The minimum atomic E-state index is -0.826. The van der Waals surface area contributed by atoms with E-state index >= 15 is 0 Å². The molecule has 1 saturated carbocycles. The van der Waals surface area contributed by atoms with Crippen LogP contribution in [-0.2, 0) is 4.79 Å². The first-order chi connectivity index (χ1) is 8.11. The van der Waals surface area contributed by atoms with Gasteiger partial charge in [-0.25, -0.2) is 4.79 Å². The highest BCUT2D eigenvalue weighted by Crippen LogP contribution is 2.27. The van der Waals surface area contributed by atoms with Gasteiger partial charge in [-0.3, -0.25) is 4.79 Å². The van der Waals surface area contributed by atoms with Crippen LogP contribution in [0.5, 0.6) is 0 Å². The fourth-order valence-electron chi connectivity index (χ4n) is 2.18. The molecule has 0 saturated heterocycles. The van der Waals surface area contributed by atoms with Crippen molar-refractivity contribution in [3.8, 4) is 0 Å². The Kier molecular flexibility index (Phi) is 3.36. The Morgan fingerprint density at radius 1 is 1.41 bits per heavy atom. The van der Waals surface area contributed by atoms with Crippen molar-refractivity contribution in [2.24, 2.45) is 5.92 Å². The second-order valence-corrected chi connectivity index (χ2v) is 4.64. The van der Waals surface area contributed by atoms with Crippen LogP contribution in [-0.4, -0.2) is 40.6 Å². The van der Waals surface area contributed by atoms with Crippen LogP contribution >= 0.6 is 0 Å². The average molecular weight is 238 g/mol. The zero-order valence-corrected chi connectivity index (χ0v) is 9.93. The van der Waals surface area contributed by atoms with E-state index in [0.29, 0.717) is 19.0 Å². The first-order valence-electron chi connectivity index (χ1n) is 6.10. The molecule has 2 rings (SSSR count). The van der Waals surface area contributed by atoms with E-state index in [9.17, 15) is 9.59 Å². The van der Waals surface area contributed by atoms with Crippen LogP contribution in [0.15, 0.2) is 12.2 Å². The summed E-state index contributed by atoms with van der Waals surface area (Å²) in [5, 5.41) is 11.7. The number of aliphatic carboxylic acids is 1. The van der Waals surface area contributed by atoms with E-state index < -0.39 is 11.9 Å². The molecule has 0 bridgehead atoms. The number of nitrogens with one attached hydrogen (secondary N) is 1. The molecule has 0 aromatic carbocycles. The Bertz CT molecular complexity index is 350. The lowest BCUT2D eigenvalue weighted by Crippen LogP contribution is -2.45. The Morgan fingerprint density at radius 3 is 2.59 bits per heavy atom. The van der Waals surface area contributed by atoms with E-state index in [1.807, 2.05) is 11.8 Å². The highest BCUT2D eigenvalue weighted by molar-refractivity contribution is 5.77. The van der Waals surface area contributed by atoms with Gasteiger partial charge in [0.25, 0.3) is 0 Å². The predicted octanol–water partition coefficient (Wildman–Crippen LogP) is 1.21. The molecule has 94 valence electrons. The number of nitrogens with zero attached hydrogens (tertiary/aromatic N) is 1. The summed E-state index contributed by atoms with van der Waals surface area (Å²) in [5.41, 5.74) is 0. The van der Waals surface area contributed by atoms with Gasteiger partial charge in [0.1, 0.15) is 0 Å². The van der Waals surface area contributed by atoms with Crippen LogP contribution in [0.2, 0.25) is 0 Å². The lowest BCUT2D eigenvalue weighted by molar-refractivity contribution is -0.140. The number of carbonyl (C=O) groups excluding carboxylic acids is 1. The maximum absolute atomic E-state index is 11.9. The van der Waals surface area contributed by atoms with Crippen molar-refractivity contribution in [3.63, 3.8) is 0 Å². The zero-order chi connectivity index (χ0) is 12.4. The van der Waals surface area contributed by atoms with Crippen molar-refractivity contribution in [2.45, 2.75) is 38.3 Å². The maximum Gasteiger partial charge on any atom is 0.318 e. The lowest BCUT2D eigenvalue weighted by atomic mass is 10.1. The number of carbonyl (C=O) groups is 2. The predicted molar refractivity (Wildman–Crippen MR) is 62.6 cm³/mol. The highest BCUT2D eigenvalue weighted by Gasteiger charge is 2.33. The fourth-order valence-corrected chi connectivity index (χ4v) is 2.18. The fraction of sp³-hybridized carbons (Fsp3) is 0.667. The van der Waals surface area contributed by atoms with Crippen LogP contribution in [0.3, 0.4) is 0 Å². The number of rotatable bonds is 4. The summed E-state index contributed by atoms with van der Waals surface area (Å²) in [6, 6.07) is 0.174. The summed E-state index contributed by atoms with van der Waals surface area (Å²) in [6.45, 7) is 2.66. The van der Waals surface area contributed by atoms with Gasteiger partial charge < -0.3 is 15.3 Å². The monoisotopic (exact) mass is 238 g/mol. The number of urea groups is 1. The molecule has 2 amide bonds. The Balaban J connectivity index is 1.83. The molecule has 2 N–H and O–H groups in total. The molecule has 0 aromatic heterocycles. The highest BCUT2D eigenvalue weighted by atomic mass is 16.4. The largest absolute Gasteiger partial charge is 0.481 e. The third-order valence-electron chi connectivity index (χ3n) is 3.30. The molecule has 0 radical (unpaired) electrons. The molecule has 0 heterocycles.